The first-order valence-electron chi connectivity index (χ1n) is 6.00. The fourth-order valence-corrected chi connectivity index (χ4v) is 2.01. The average Bonchev–Trinajstić information content (AvgIpc) is 2.75. The molecule has 18 heavy (non-hydrogen) atoms. The molecule has 1 aliphatic heterocycles. The first-order chi connectivity index (χ1) is 8.41. The molecule has 7 nitrogen and oxygen atoms in total. The Balaban J connectivity index is 2.44. The van der Waals surface area contributed by atoms with E-state index in [0.29, 0.717) is 19.4 Å². The lowest BCUT2D eigenvalue weighted by Crippen LogP contribution is -2.50. The van der Waals surface area contributed by atoms with Crippen LogP contribution in [0.5, 0.6) is 0 Å². The highest BCUT2D eigenvalue weighted by atomic mass is 16.4. The van der Waals surface area contributed by atoms with Crippen LogP contribution >= 0.6 is 0 Å². The van der Waals surface area contributed by atoms with Crippen LogP contribution in [0.3, 0.4) is 0 Å². The predicted molar refractivity (Wildman–Crippen MR) is 63.8 cm³/mol. The van der Waals surface area contributed by atoms with Crippen molar-refractivity contribution in [3.8, 4) is 0 Å². The number of carboxylic acids is 1. The van der Waals surface area contributed by atoms with Crippen molar-refractivity contribution in [3.63, 3.8) is 0 Å². The van der Waals surface area contributed by atoms with Crippen LogP contribution in [0.2, 0.25) is 0 Å². The number of carboxylic acid groups (broad SMARTS) is 1. The molecule has 1 rings (SSSR count). The van der Waals surface area contributed by atoms with Gasteiger partial charge in [-0.3, -0.25) is 9.59 Å². The number of nitrogens with two attached hydrogens (primary N) is 1. The van der Waals surface area contributed by atoms with Crippen molar-refractivity contribution in [2.24, 2.45) is 5.73 Å². The molecule has 0 radical (unpaired) electrons. The highest BCUT2D eigenvalue weighted by molar-refractivity contribution is 5.86. The number of rotatable bonds is 5. The molecule has 1 fully saturated rings. The van der Waals surface area contributed by atoms with Crippen LogP contribution in [0.1, 0.15) is 32.6 Å². The number of primary amides is 1. The summed E-state index contributed by atoms with van der Waals surface area (Å²) in [7, 11) is 0. The first kappa shape index (κ1) is 14.3. The molecule has 0 saturated carbocycles. The predicted octanol–water partition coefficient (Wildman–Crippen LogP) is -0.101. The zero-order valence-electron chi connectivity index (χ0n) is 10.4. The summed E-state index contributed by atoms with van der Waals surface area (Å²) in [4.78, 5) is 34.8. The second-order valence-corrected chi connectivity index (χ2v) is 4.54. The van der Waals surface area contributed by atoms with E-state index in [2.05, 4.69) is 5.32 Å². The molecule has 0 aromatic carbocycles. The molecule has 3 amide bonds. The number of carbonyl (C=O) groups is 3. The highest BCUT2D eigenvalue weighted by Gasteiger charge is 2.32. The fourth-order valence-electron chi connectivity index (χ4n) is 2.01. The van der Waals surface area contributed by atoms with Gasteiger partial charge in [-0.25, -0.2) is 4.79 Å². The number of nitrogens with one attached hydrogen (secondary N) is 1. The number of hydrogen-bond donors (Lipinski definition) is 3. The molecule has 0 aromatic heterocycles. The zero-order chi connectivity index (χ0) is 13.7. The standard InChI is InChI=1S/C11H19N3O4/c1-7(4-5-9(15)16)13-11(18)14-6-2-3-8(14)10(12)17/h7-8H,2-6H2,1H3,(H2,12,17)(H,13,18)(H,15,16). The summed E-state index contributed by atoms with van der Waals surface area (Å²) >= 11 is 0. The van der Waals surface area contributed by atoms with E-state index in [1.54, 1.807) is 6.92 Å². The van der Waals surface area contributed by atoms with Crippen molar-refractivity contribution in [1.82, 2.24) is 10.2 Å². The summed E-state index contributed by atoms with van der Waals surface area (Å²) in [5, 5.41) is 11.2. The topological polar surface area (TPSA) is 113 Å². The second kappa shape index (κ2) is 6.23. The maximum atomic E-state index is 11.9. The largest absolute Gasteiger partial charge is 0.481 e. The molecule has 0 aromatic rings. The lowest BCUT2D eigenvalue weighted by atomic mass is 10.2. The van der Waals surface area contributed by atoms with Crippen molar-refractivity contribution >= 4 is 17.9 Å². The number of hydrogen-bond acceptors (Lipinski definition) is 3. The number of carbonyl (C=O) groups excluding carboxylic acids is 2. The van der Waals surface area contributed by atoms with E-state index in [0.717, 1.165) is 6.42 Å². The maximum Gasteiger partial charge on any atom is 0.318 e. The molecule has 0 aliphatic carbocycles. The van der Waals surface area contributed by atoms with Crippen molar-refractivity contribution in [2.75, 3.05) is 6.54 Å². The number of likely N-dealkylation sites (tertiary alicyclic amines) is 1. The van der Waals surface area contributed by atoms with Gasteiger partial charge in [0.2, 0.25) is 5.91 Å². The summed E-state index contributed by atoms with van der Waals surface area (Å²) in [6.07, 6.45) is 1.70. The normalized spacial score (nSPS) is 20.5. The fraction of sp³-hybridized carbons (Fsp3) is 0.727. The van der Waals surface area contributed by atoms with Crippen LogP contribution in [-0.2, 0) is 9.59 Å². The van der Waals surface area contributed by atoms with Gasteiger partial charge in [-0.1, -0.05) is 0 Å². The minimum atomic E-state index is -0.896. The van der Waals surface area contributed by atoms with Gasteiger partial charge in [0.05, 0.1) is 0 Å². The third-order valence-corrected chi connectivity index (χ3v) is 3.00. The van der Waals surface area contributed by atoms with Crippen LogP contribution < -0.4 is 11.1 Å². The van der Waals surface area contributed by atoms with E-state index in [-0.39, 0.29) is 18.5 Å². The third kappa shape index (κ3) is 3.90. The minimum absolute atomic E-state index is 0.000689. The number of urea groups is 1. The Hall–Kier alpha value is -1.79. The lowest BCUT2D eigenvalue weighted by Gasteiger charge is -2.24. The van der Waals surface area contributed by atoms with Crippen LogP contribution in [0, 0.1) is 0 Å². The zero-order valence-corrected chi connectivity index (χ0v) is 10.4. The van der Waals surface area contributed by atoms with Gasteiger partial charge in [0.1, 0.15) is 6.04 Å². The summed E-state index contributed by atoms with van der Waals surface area (Å²) in [5.74, 6) is -1.40. The first-order valence-corrected chi connectivity index (χ1v) is 6.00. The quantitative estimate of drug-likeness (QED) is 0.638. The monoisotopic (exact) mass is 257 g/mol. The van der Waals surface area contributed by atoms with Crippen molar-refractivity contribution < 1.29 is 19.5 Å². The molecule has 0 spiro atoms. The Morgan fingerprint density at radius 1 is 1.50 bits per heavy atom. The maximum absolute atomic E-state index is 11.9. The Morgan fingerprint density at radius 3 is 2.72 bits per heavy atom. The lowest BCUT2D eigenvalue weighted by molar-refractivity contribution is -0.137. The summed E-state index contributed by atoms with van der Waals surface area (Å²) in [5.41, 5.74) is 5.22. The number of nitrogens with zero attached hydrogens (tertiary/aromatic N) is 1. The van der Waals surface area contributed by atoms with Gasteiger partial charge in [0, 0.05) is 19.0 Å². The second-order valence-electron chi connectivity index (χ2n) is 4.54. The van der Waals surface area contributed by atoms with Crippen LogP contribution in [0.4, 0.5) is 4.79 Å². The van der Waals surface area contributed by atoms with E-state index >= 15 is 0 Å². The summed E-state index contributed by atoms with van der Waals surface area (Å²) in [6.45, 7) is 2.24. The third-order valence-electron chi connectivity index (χ3n) is 3.00. The Bertz CT molecular complexity index is 345. The molecular formula is C11H19N3O4. The molecule has 1 saturated heterocycles. The van der Waals surface area contributed by atoms with E-state index in [9.17, 15) is 14.4 Å². The SMILES string of the molecule is CC(CCC(=O)O)NC(=O)N1CCCC1C(N)=O. The van der Waals surface area contributed by atoms with Gasteiger partial charge >= 0.3 is 12.0 Å². The van der Waals surface area contributed by atoms with Crippen molar-refractivity contribution in [1.29, 1.82) is 0 Å². The van der Waals surface area contributed by atoms with E-state index in [1.165, 1.54) is 4.90 Å². The van der Waals surface area contributed by atoms with Crippen LogP contribution in [-0.4, -0.2) is 46.5 Å². The minimum Gasteiger partial charge on any atom is -0.481 e. The Labute approximate surface area is 105 Å². The molecule has 7 heteroatoms. The number of amides is 3. The van der Waals surface area contributed by atoms with E-state index in [4.69, 9.17) is 10.8 Å². The van der Waals surface area contributed by atoms with Gasteiger partial charge < -0.3 is 21.1 Å². The van der Waals surface area contributed by atoms with Gasteiger partial charge in [0.15, 0.2) is 0 Å². The highest BCUT2D eigenvalue weighted by Crippen LogP contribution is 2.17. The van der Waals surface area contributed by atoms with Crippen molar-refractivity contribution in [2.45, 2.75) is 44.7 Å². The Kier molecular flexibility index (Phi) is 4.94. The van der Waals surface area contributed by atoms with Gasteiger partial charge in [-0.15, -0.1) is 0 Å². The molecule has 2 unspecified atom stereocenters. The number of aliphatic carboxylic acids is 1. The van der Waals surface area contributed by atoms with Gasteiger partial charge in [-0.2, -0.15) is 0 Å². The molecule has 2 atom stereocenters. The van der Waals surface area contributed by atoms with Gasteiger partial charge in [-0.05, 0) is 26.2 Å². The molecule has 1 heterocycles. The smallest absolute Gasteiger partial charge is 0.318 e. The summed E-state index contributed by atoms with van der Waals surface area (Å²) < 4.78 is 0. The molecular weight excluding hydrogens is 238 g/mol. The van der Waals surface area contributed by atoms with E-state index < -0.39 is 17.9 Å². The molecule has 0 bridgehead atoms. The van der Waals surface area contributed by atoms with Crippen LogP contribution in [0.25, 0.3) is 0 Å². The molecule has 4 N–H and O–H groups in total. The molecule has 1 aliphatic rings. The Morgan fingerprint density at radius 2 is 2.17 bits per heavy atom. The average molecular weight is 257 g/mol. The van der Waals surface area contributed by atoms with Crippen LogP contribution in [0.15, 0.2) is 0 Å². The summed E-state index contributed by atoms with van der Waals surface area (Å²) in [6, 6.07) is -1.14. The molecule has 102 valence electrons. The van der Waals surface area contributed by atoms with E-state index in [1.807, 2.05) is 0 Å². The van der Waals surface area contributed by atoms with Crippen molar-refractivity contribution in [3.05, 3.63) is 0 Å². The van der Waals surface area contributed by atoms with Gasteiger partial charge in [0.25, 0.3) is 0 Å².